The van der Waals surface area contributed by atoms with Crippen LogP contribution >= 0.6 is 15.9 Å². The van der Waals surface area contributed by atoms with E-state index in [9.17, 15) is 9.90 Å². The molecule has 0 aromatic heterocycles. The van der Waals surface area contributed by atoms with Gasteiger partial charge in [0.2, 0.25) is 0 Å². The van der Waals surface area contributed by atoms with E-state index in [4.69, 9.17) is 9.47 Å². The van der Waals surface area contributed by atoms with Gasteiger partial charge in [0.1, 0.15) is 5.75 Å². The molecule has 1 fully saturated rings. The third kappa shape index (κ3) is 3.71. The Morgan fingerprint density at radius 1 is 1.50 bits per heavy atom. The summed E-state index contributed by atoms with van der Waals surface area (Å²) in [6.07, 6.45) is -0.555. The molecular formula is C14H18BrNO4. The van der Waals surface area contributed by atoms with Crippen molar-refractivity contribution < 1.29 is 19.4 Å². The fourth-order valence-electron chi connectivity index (χ4n) is 2.04. The van der Waals surface area contributed by atoms with Crippen LogP contribution < -0.4 is 4.74 Å². The van der Waals surface area contributed by atoms with Gasteiger partial charge < -0.3 is 19.5 Å². The van der Waals surface area contributed by atoms with Crippen molar-refractivity contribution in [1.29, 1.82) is 0 Å². The Hall–Kier alpha value is -1.11. The van der Waals surface area contributed by atoms with Crippen LogP contribution in [0.25, 0.3) is 0 Å². The van der Waals surface area contributed by atoms with Gasteiger partial charge in [0.15, 0.2) is 6.10 Å². The first kappa shape index (κ1) is 15.3. The Morgan fingerprint density at radius 2 is 2.20 bits per heavy atom. The zero-order valence-corrected chi connectivity index (χ0v) is 12.9. The summed E-state index contributed by atoms with van der Waals surface area (Å²) in [5, 5.41) is 9.22. The maximum absolute atomic E-state index is 12.2. The lowest BCUT2D eigenvalue weighted by Gasteiger charge is -2.29. The van der Waals surface area contributed by atoms with E-state index < -0.39 is 6.10 Å². The van der Waals surface area contributed by atoms with Crippen molar-refractivity contribution in [2.75, 3.05) is 26.3 Å². The van der Waals surface area contributed by atoms with E-state index >= 15 is 0 Å². The summed E-state index contributed by atoms with van der Waals surface area (Å²) in [6.45, 7) is 4.02. The molecule has 0 saturated carbocycles. The summed E-state index contributed by atoms with van der Waals surface area (Å²) in [4.78, 5) is 14.0. The second-order valence-corrected chi connectivity index (χ2v) is 5.46. The van der Waals surface area contributed by atoms with E-state index in [1.165, 1.54) is 0 Å². The highest BCUT2D eigenvalue weighted by Gasteiger charge is 2.23. The zero-order valence-electron chi connectivity index (χ0n) is 11.3. The van der Waals surface area contributed by atoms with Crippen LogP contribution in [0.1, 0.15) is 12.5 Å². The number of aliphatic hydroxyl groups excluding tert-OH is 1. The van der Waals surface area contributed by atoms with Crippen LogP contribution in [-0.2, 0) is 16.1 Å². The van der Waals surface area contributed by atoms with E-state index in [1.807, 2.05) is 0 Å². The van der Waals surface area contributed by atoms with Gasteiger partial charge in [-0.3, -0.25) is 4.79 Å². The van der Waals surface area contributed by atoms with Crippen LogP contribution in [-0.4, -0.2) is 48.3 Å². The van der Waals surface area contributed by atoms with Gasteiger partial charge in [-0.2, -0.15) is 0 Å². The van der Waals surface area contributed by atoms with Crippen molar-refractivity contribution in [3.8, 4) is 5.75 Å². The third-order valence-electron chi connectivity index (χ3n) is 3.17. The number of halogens is 1. The summed E-state index contributed by atoms with van der Waals surface area (Å²) in [6, 6.07) is 5.30. The van der Waals surface area contributed by atoms with Crippen molar-refractivity contribution in [2.45, 2.75) is 19.6 Å². The lowest BCUT2D eigenvalue weighted by molar-refractivity contribution is -0.142. The molecule has 0 spiro atoms. The Balaban J connectivity index is 1.99. The van der Waals surface area contributed by atoms with Crippen LogP contribution in [0.3, 0.4) is 0 Å². The van der Waals surface area contributed by atoms with Crippen LogP contribution in [0, 0.1) is 0 Å². The number of hydrogen-bond donors (Lipinski definition) is 1. The molecule has 1 N–H and O–H groups in total. The smallest absolute Gasteiger partial charge is 0.263 e. The molecule has 2 rings (SSSR count). The molecule has 0 bridgehead atoms. The highest BCUT2D eigenvalue weighted by atomic mass is 79.9. The highest BCUT2D eigenvalue weighted by Crippen LogP contribution is 2.23. The Labute approximate surface area is 126 Å². The predicted molar refractivity (Wildman–Crippen MR) is 77.6 cm³/mol. The Bertz CT molecular complexity index is 474. The van der Waals surface area contributed by atoms with Gasteiger partial charge in [-0.15, -0.1) is 0 Å². The van der Waals surface area contributed by atoms with Crippen molar-refractivity contribution in [3.05, 3.63) is 28.2 Å². The molecule has 1 saturated heterocycles. The quantitative estimate of drug-likeness (QED) is 0.901. The molecule has 110 valence electrons. The third-order valence-corrected chi connectivity index (χ3v) is 3.94. The summed E-state index contributed by atoms with van der Waals surface area (Å²) in [7, 11) is 0. The maximum atomic E-state index is 12.2. The van der Waals surface area contributed by atoms with Crippen molar-refractivity contribution >= 4 is 21.8 Å². The minimum Gasteiger partial charge on any atom is -0.481 e. The van der Waals surface area contributed by atoms with Gasteiger partial charge in [-0.1, -0.05) is 15.9 Å². The van der Waals surface area contributed by atoms with Gasteiger partial charge in [0, 0.05) is 17.6 Å². The van der Waals surface area contributed by atoms with E-state index in [-0.39, 0.29) is 12.5 Å². The minimum absolute atomic E-state index is 0.0400. The number of amides is 1. The number of ether oxygens (including phenoxy) is 2. The lowest BCUT2D eigenvalue weighted by Crippen LogP contribution is -2.46. The van der Waals surface area contributed by atoms with Gasteiger partial charge >= 0.3 is 0 Å². The SMILES string of the molecule is CC(Oc1ccc(Br)c(CO)c1)C(=O)N1CCOCC1. The molecular weight excluding hydrogens is 326 g/mol. The van der Waals surface area contributed by atoms with Gasteiger partial charge in [0.05, 0.1) is 19.8 Å². The zero-order chi connectivity index (χ0) is 14.5. The van der Waals surface area contributed by atoms with Gasteiger partial charge in [-0.05, 0) is 30.7 Å². The molecule has 1 unspecified atom stereocenters. The molecule has 20 heavy (non-hydrogen) atoms. The average Bonchev–Trinajstić information content (AvgIpc) is 2.49. The fourth-order valence-corrected chi connectivity index (χ4v) is 2.41. The molecule has 1 atom stereocenters. The molecule has 5 nitrogen and oxygen atoms in total. The van der Waals surface area contributed by atoms with Crippen molar-refractivity contribution in [2.24, 2.45) is 0 Å². The van der Waals surface area contributed by atoms with Crippen LogP contribution in [0.5, 0.6) is 5.75 Å². The van der Waals surface area contributed by atoms with E-state index in [0.29, 0.717) is 32.1 Å². The number of carbonyl (C=O) groups is 1. The first-order valence-electron chi connectivity index (χ1n) is 6.54. The van der Waals surface area contributed by atoms with Crippen molar-refractivity contribution in [3.63, 3.8) is 0 Å². The molecule has 1 aliphatic heterocycles. The molecule has 1 aromatic carbocycles. The Kier molecular flexibility index (Phi) is 5.39. The largest absolute Gasteiger partial charge is 0.481 e. The normalized spacial score (nSPS) is 16.9. The van der Waals surface area contributed by atoms with Crippen molar-refractivity contribution in [1.82, 2.24) is 4.90 Å². The summed E-state index contributed by atoms with van der Waals surface area (Å²) in [5.41, 5.74) is 0.730. The molecule has 1 aromatic rings. The fraction of sp³-hybridized carbons (Fsp3) is 0.500. The Morgan fingerprint density at radius 3 is 2.85 bits per heavy atom. The first-order valence-corrected chi connectivity index (χ1v) is 7.33. The lowest BCUT2D eigenvalue weighted by atomic mass is 10.2. The van der Waals surface area contributed by atoms with E-state index in [2.05, 4.69) is 15.9 Å². The predicted octanol–water partition coefficient (Wildman–Crippen LogP) is 1.57. The number of nitrogens with zero attached hydrogens (tertiary/aromatic N) is 1. The van der Waals surface area contributed by atoms with Gasteiger partial charge in [0.25, 0.3) is 5.91 Å². The number of hydrogen-bond acceptors (Lipinski definition) is 4. The molecule has 1 aliphatic rings. The molecule has 1 amide bonds. The number of benzene rings is 1. The van der Waals surface area contributed by atoms with Crippen LogP contribution in [0.2, 0.25) is 0 Å². The number of morpholine rings is 1. The maximum Gasteiger partial charge on any atom is 0.263 e. The molecule has 6 heteroatoms. The van der Waals surface area contributed by atoms with Crippen LogP contribution in [0.4, 0.5) is 0 Å². The summed E-state index contributed by atoms with van der Waals surface area (Å²) < 4.78 is 11.7. The second kappa shape index (κ2) is 7.06. The number of carbonyl (C=O) groups excluding carboxylic acids is 1. The van der Waals surface area contributed by atoms with Crippen LogP contribution in [0.15, 0.2) is 22.7 Å². The average molecular weight is 344 g/mol. The first-order chi connectivity index (χ1) is 9.61. The van der Waals surface area contributed by atoms with E-state index in [0.717, 1.165) is 10.0 Å². The molecule has 0 radical (unpaired) electrons. The molecule has 0 aliphatic carbocycles. The number of aliphatic hydroxyl groups is 1. The minimum atomic E-state index is -0.555. The second-order valence-electron chi connectivity index (χ2n) is 4.61. The van der Waals surface area contributed by atoms with Gasteiger partial charge in [-0.25, -0.2) is 0 Å². The monoisotopic (exact) mass is 343 g/mol. The summed E-state index contributed by atoms with van der Waals surface area (Å²) in [5.74, 6) is 0.535. The topological polar surface area (TPSA) is 59.0 Å². The molecule has 1 heterocycles. The standard InChI is InChI=1S/C14H18BrNO4/c1-10(14(18)16-4-6-19-7-5-16)20-12-2-3-13(15)11(8-12)9-17/h2-3,8,10,17H,4-7,9H2,1H3. The highest BCUT2D eigenvalue weighted by molar-refractivity contribution is 9.10. The summed E-state index contributed by atoms with van der Waals surface area (Å²) >= 11 is 3.34. The number of rotatable bonds is 4. The van der Waals surface area contributed by atoms with E-state index in [1.54, 1.807) is 30.0 Å².